The van der Waals surface area contributed by atoms with Crippen molar-refractivity contribution < 1.29 is 0 Å². The van der Waals surface area contributed by atoms with Gasteiger partial charge in [-0.3, -0.25) is 0 Å². The van der Waals surface area contributed by atoms with Crippen molar-refractivity contribution in [2.24, 2.45) is 0 Å². The van der Waals surface area contributed by atoms with Gasteiger partial charge in [-0.2, -0.15) is 0 Å². The number of anilines is 1. The first-order valence-electron chi connectivity index (χ1n) is 7.93. The molecule has 0 amide bonds. The van der Waals surface area contributed by atoms with Gasteiger partial charge in [-0.15, -0.1) is 0 Å². The van der Waals surface area contributed by atoms with Crippen molar-refractivity contribution in [3.05, 3.63) is 47.2 Å². The average molecular weight is 369 g/mol. The van der Waals surface area contributed by atoms with Crippen molar-refractivity contribution in [3.8, 4) is 11.3 Å². The van der Waals surface area contributed by atoms with Gasteiger partial charge >= 0.3 is 0 Å². The van der Waals surface area contributed by atoms with E-state index in [9.17, 15) is 0 Å². The van der Waals surface area contributed by atoms with Gasteiger partial charge in [0.05, 0.1) is 11.9 Å². The molecule has 5 heteroatoms. The number of benzene rings is 1. The monoisotopic (exact) mass is 368 g/mol. The van der Waals surface area contributed by atoms with Gasteiger partial charge in [-0.1, -0.05) is 12.1 Å². The largest absolute Gasteiger partial charge is 0.372 e. The second-order valence-electron chi connectivity index (χ2n) is 5.85. The Kier molecular flexibility index (Phi) is 3.95. The van der Waals surface area contributed by atoms with Crippen LogP contribution in [0.1, 0.15) is 19.3 Å². The van der Waals surface area contributed by atoms with Crippen molar-refractivity contribution in [3.63, 3.8) is 0 Å². The van der Waals surface area contributed by atoms with Crippen LogP contribution in [0.4, 0.5) is 5.69 Å². The predicted octanol–water partition coefficient (Wildman–Crippen LogP) is 4.44. The van der Waals surface area contributed by atoms with Crippen LogP contribution in [0.2, 0.25) is 0 Å². The predicted molar refractivity (Wildman–Crippen MR) is 96.5 cm³/mol. The maximum Gasteiger partial charge on any atom is 0.178 e. The van der Waals surface area contributed by atoms with E-state index in [1.54, 1.807) is 12.4 Å². The molecular weight excluding hydrogens is 352 g/mol. The van der Waals surface area contributed by atoms with E-state index in [-0.39, 0.29) is 0 Å². The van der Waals surface area contributed by atoms with Crippen LogP contribution in [0.5, 0.6) is 0 Å². The highest BCUT2D eigenvalue weighted by Gasteiger charge is 2.11. The van der Waals surface area contributed by atoms with E-state index >= 15 is 0 Å². The molecule has 0 atom stereocenters. The molecule has 0 aliphatic carbocycles. The molecule has 4 rings (SSSR count). The van der Waals surface area contributed by atoms with Crippen molar-refractivity contribution >= 4 is 32.8 Å². The first-order chi connectivity index (χ1) is 11.3. The number of piperidine rings is 1. The summed E-state index contributed by atoms with van der Waals surface area (Å²) >= 11 is 3.43. The molecule has 3 aromatic rings. The summed E-state index contributed by atoms with van der Waals surface area (Å²) in [4.78, 5) is 15.8. The number of hydrogen-bond donors (Lipinski definition) is 0. The number of aromatic nitrogens is 3. The van der Waals surface area contributed by atoms with E-state index in [1.165, 1.54) is 24.9 Å². The highest BCUT2D eigenvalue weighted by Crippen LogP contribution is 2.25. The van der Waals surface area contributed by atoms with E-state index in [0.29, 0.717) is 5.65 Å². The Labute approximate surface area is 143 Å². The third kappa shape index (κ3) is 3.06. The van der Waals surface area contributed by atoms with E-state index in [1.807, 2.05) is 6.07 Å². The van der Waals surface area contributed by atoms with Gasteiger partial charge in [0.2, 0.25) is 0 Å². The summed E-state index contributed by atoms with van der Waals surface area (Å²) in [6, 6.07) is 10.6. The normalized spacial score (nSPS) is 15.1. The Morgan fingerprint density at radius 2 is 1.65 bits per heavy atom. The van der Waals surface area contributed by atoms with Crippen molar-refractivity contribution in [2.45, 2.75) is 19.3 Å². The van der Waals surface area contributed by atoms with Crippen molar-refractivity contribution in [1.82, 2.24) is 15.0 Å². The van der Waals surface area contributed by atoms with Crippen LogP contribution in [0, 0.1) is 0 Å². The Balaban J connectivity index is 1.64. The summed E-state index contributed by atoms with van der Waals surface area (Å²) < 4.78 is 0.914. The Morgan fingerprint density at radius 1 is 0.913 bits per heavy atom. The van der Waals surface area contributed by atoms with Gasteiger partial charge < -0.3 is 4.90 Å². The van der Waals surface area contributed by atoms with Crippen LogP contribution in [0.15, 0.2) is 47.2 Å². The third-order valence-corrected chi connectivity index (χ3v) is 4.68. The zero-order chi connectivity index (χ0) is 15.6. The molecule has 2 aromatic heterocycles. The molecule has 1 aromatic carbocycles. The van der Waals surface area contributed by atoms with E-state index in [2.05, 4.69) is 60.0 Å². The molecule has 0 radical (unpaired) electrons. The summed E-state index contributed by atoms with van der Waals surface area (Å²) in [7, 11) is 0. The molecule has 23 heavy (non-hydrogen) atoms. The van der Waals surface area contributed by atoms with E-state index in [0.717, 1.165) is 34.3 Å². The van der Waals surface area contributed by atoms with Crippen LogP contribution in [0.25, 0.3) is 22.4 Å². The molecule has 4 nitrogen and oxygen atoms in total. The third-order valence-electron chi connectivity index (χ3n) is 4.25. The van der Waals surface area contributed by atoms with Crippen LogP contribution < -0.4 is 4.90 Å². The molecule has 116 valence electrons. The molecular formula is C18H17BrN4. The SMILES string of the molecule is Brc1cnc2ncc(-c3ccc(N4CCCCC4)cc3)nc2c1. The van der Waals surface area contributed by atoms with Crippen LogP contribution in [-0.4, -0.2) is 28.0 Å². The lowest BCUT2D eigenvalue weighted by atomic mass is 10.1. The lowest BCUT2D eigenvalue weighted by Gasteiger charge is -2.28. The van der Waals surface area contributed by atoms with Crippen molar-refractivity contribution in [1.29, 1.82) is 0 Å². The van der Waals surface area contributed by atoms with Crippen molar-refractivity contribution in [2.75, 3.05) is 18.0 Å². The lowest BCUT2D eigenvalue weighted by molar-refractivity contribution is 0.578. The van der Waals surface area contributed by atoms with Gasteiger partial charge in [0, 0.05) is 35.0 Å². The molecule has 3 heterocycles. The van der Waals surface area contributed by atoms with Gasteiger partial charge in [0.1, 0.15) is 5.52 Å². The molecule has 0 saturated carbocycles. The lowest BCUT2D eigenvalue weighted by Crippen LogP contribution is -2.29. The second kappa shape index (κ2) is 6.24. The zero-order valence-corrected chi connectivity index (χ0v) is 14.3. The molecule has 1 fully saturated rings. The number of halogens is 1. The highest BCUT2D eigenvalue weighted by molar-refractivity contribution is 9.10. The minimum absolute atomic E-state index is 0.668. The first kappa shape index (κ1) is 14.6. The minimum Gasteiger partial charge on any atom is -0.372 e. The maximum absolute atomic E-state index is 4.68. The minimum atomic E-state index is 0.668. The summed E-state index contributed by atoms with van der Waals surface area (Å²) in [5.74, 6) is 0. The number of nitrogens with zero attached hydrogens (tertiary/aromatic N) is 4. The van der Waals surface area contributed by atoms with Crippen LogP contribution >= 0.6 is 15.9 Å². The molecule has 0 spiro atoms. The van der Waals surface area contributed by atoms with Gasteiger partial charge in [-0.05, 0) is 53.4 Å². The number of hydrogen-bond acceptors (Lipinski definition) is 4. The van der Waals surface area contributed by atoms with E-state index < -0.39 is 0 Å². The number of fused-ring (bicyclic) bond motifs is 1. The smallest absolute Gasteiger partial charge is 0.178 e. The fourth-order valence-electron chi connectivity index (χ4n) is 3.02. The quantitative estimate of drug-likeness (QED) is 0.670. The average Bonchev–Trinajstić information content (AvgIpc) is 2.62. The van der Waals surface area contributed by atoms with Crippen LogP contribution in [0.3, 0.4) is 0 Å². The standard InChI is InChI=1S/C18H17BrN4/c19-14-10-16-18(20-11-14)21-12-17(22-16)13-4-6-15(7-5-13)23-8-2-1-3-9-23/h4-7,10-12H,1-3,8-9H2. The second-order valence-corrected chi connectivity index (χ2v) is 6.76. The zero-order valence-electron chi connectivity index (χ0n) is 12.7. The van der Waals surface area contributed by atoms with Gasteiger partial charge in [-0.25, -0.2) is 15.0 Å². The van der Waals surface area contributed by atoms with Gasteiger partial charge in [0.15, 0.2) is 5.65 Å². The Morgan fingerprint density at radius 3 is 2.43 bits per heavy atom. The maximum atomic E-state index is 4.68. The number of rotatable bonds is 2. The fraction of sp³-hybridized carbons (Fsp3) is 0.278. The van der Waals surface area contributed by atoms with Gasteiger partial charge in [0.25, 0.3) is 0 Å². The molecule has 0 unspecified atom stereocenters. The molecule has 0 bridgehead atoms. The first-order valence-corrected chi connectivity index (χ1v) is 8.72. The van der Waals surface area contributed by atoms with Crippen LogP contribution in [-0.2, 0) is 0 Å². The molecule has 0 N–H and O–H groups in total. The summed E-state index contributed by atoms with van der Waals surface area (Å²) in [5, 5.41) is 0. The number of pyridine rings is 1. The molecule has 1 aliphatic rings. The Hall–Kier alpha value is -2.01. The highest BCUT2D eigenvalue weighted by atomic mass is 79.9. The topological polar surface area (TPSA) is 41.9 Å². The molecule has 1 saturated heterocycles. The summed E-state index contributed by atoms with van der Waals surface area (Å²) in [5.41, 5.74) is 4.73. The molecule has 1 aliphatic heterocycles. The Bertz CT molecular complexity index is 826. The van der Waals surface area contributed by atoms with E-state index in [4.69, 9.17) is 0 Å². The summed E-state index contributed by atoms with van der Waals surface area (Å²) in [6.45, 7) is 2.32. The summed E-state index contributed by atoms with van der Waals surface area (Å²) in [6.07, 6.45) is 7.47. The fourth-order valence-corrected chi connectivity index (χ4v) is 3.34.